The van der Waals surface area contributed by atoms with E-state index in [1.165, 1.54) is 11.8 Å². The smallest absolute Gasteiger partial charge is 0.115 e. The number of aromatic hydroxyl groups is 1. The van der Waals surface area contributed by atoms with Crippen LogP contribution in [-0.4, -0.2) is 16.5 Å². The molecule has 25 heavy (non-hydrogen) atoms. The largest absolute Gasteiger partial charge is 0.508 e. The molecule has 126 valence electrons. The van der Waals surface area contributed by atoms with Crippen molar-refractivity contribution in [3.63, 3.8) is 0 Å². The standard InChI is InChI=1S/C22H21NO2/c1-2-6-16-13-19(15-23-25)22(18-7-4-3-5-8-18)21(14-16)17-9-11-20(24)12-10-17/h3-5,7-15,24-25H,2,6H2,1H3/b23-15+. The van der Waals surface area contributed by atoms with Crippen LogP contribution in [0.3, 0.4) is 0 Å². The average molecular weight is 331 g/mol. The van der Waals surface area contributed by atoms with Gasteiger partial charge < -0.3 is 10.3 Å². The van der Waals surface area contributed by atoms with Crippen LogP contribution >= 0.6 is 0 Å². The Bertz CT molecular complexity index is 869. The van der Waals surface area contributed by atoms with E-state index in [0.29, 0.717) is 0 Å². The number of hydrogen-bond donors (Lipinski definition) is 2. The van der Waals surface area contributed by atoms with Crippen molar-refractivity contribution in [2.24, 2.45) is 5.16 Å². The molecule has 0 unspecified atom stereocenters. The van der Waals surface area contributed by atoms with E-state index in [4.69, 9.17) is 5.21 Å². The summed E-state index contributed by atoms with van der Waals surface area (Å²) in [7, 11) is 0. The molecular formula is C22H21NO2. The summed E-state index contributed by atoms with van der Waals surface area (Å²) in [5, 5.41) is 22.0. The lowest BCUT2D eigenvalue weighted by molar-refractivity contribution is 0.322. The fraction of sp³-hybridized carbons (Fsp3) is 0.136. The van der Waals surface area contributed by atoms with E-state index in [0.717, 1.165) is 40.7 Å². The molecule has 0 radical (unpaired) electrons. The van der Waals surface area contributed by atoms with Crippen LogP contribution in [0.1, 0.15) is 24.5 Å². The third-order valence-electron chi connectivity index (χ3n) is 4.20. The second kappa shape index (κ2) is 7.67. The quantitative estimate of drug-likeness (QED) is 0.369. The van der Waals surface area contributed by atoms with E-state index in [-0.39, 0.29) is 5.75 Å². The summed E-state index contributed by atoms with van der Waals surface area (Å²) in [6, 6.07) is 21.5. The van der Waals surface area contributed by atoms with E-state index in [2.05, 4.69) is 24.2 Å². The third kappa shape index (κ3) is 3.72. The van der Waals surface area contributed by atoms with Crippen molar-refractivity contribution < 1.29 is 10.3 Å². The highest BCUT2D eigenvalue weighted by Gasteiger charge is 2.14. The van der Waals surface area contributed by atoms with Gasteiger partial charge in [0.25, 0.3) is 0 Å². The summed E-state index contributed by atoms with van der Waals surface area (Å²) in [5.74, 6) is 0.242. The SMILES string of the molecule is CCCc1cc(/C=N/O)c(-c2ccccc2)c(-c2ccc(O)cc2)c1. The fourth-order valence-corrected chi connectivity index (χ4v) is 3.12. The first-order valence-electron chi connectivity index (χ1n) is 8.42. The number of benzene rings is 3. The van der Waals surface area contributed by atoms with E-state index in [9.17, 15) is 5.11 Å². The van der Waals surface area contributed by atoms with Crippen LogP contribution in [0.25, 0.3) is 22.3 Å². The van der Waals surface area contributed by atoms with Crippen LogP contribution < -0.4 is 0 Å². The van der Waals surface area contributed by atoms with Crippen molar-refractivity contribution in [1.29, 1.82) is 0 Å². The van der Waals surface area contributed by atoms with E-state index >= 15 is 0 Å². The number of rotatable bonds is 5. The number of nitrogens with zero attached hydrogens (tertiary/aromatic N) is 1. The maximum atomic E-state index is 9.61. The monoisotopic (exact) mass is 331 g/mol. The van der Waals surface area contributed by atoms with E-state index in [1.807, 2.05) is 42.5 Å². The Morgan fingerprint density at radius 1 is 0.920 bits per heavy atom. The molecule has 3 aromatic carbocycles. The molecule has 3 aromatic rings. The van der Waals surface area contributed by atoms with Gasteiger partial charge in [0.2, 0.25) is 0 Å². The molecule has 0 spiro atoms. The van der Waals surface area contributed by atoms with Gasteiger partial charge >= 0.3 is 0 Å². The lowest BCUT2D eigenvalue weighted by Gasteiger charge is -2.16. The second-order valence-electron chi connectivity index (χ2n) is 6.02. The van der Waals surface area contributed by atoms with Crippen LogP contribution in [0.15, 0.2) is 71.9 Å². The topological polar surface area (TPSA) is 52.8 Å². The Hall–Kier alpha value is -3.07. The van der Waals surface area contributed by atoms with Crippen LogP contribution in [0.2, 0.25) is 0 Å². The molecule has 0 bridgehead atoms. The number of phenolic OH excluding ortho intramolecular Hbond substituents is 1. The molecule has 0 aliphatic heterocycles. The average Bonchev–Trinajstić information content (AvgIpc) is 2.63. The number of oxime groups is 1. The van der Waals surface area contributed by atoms with E-state index in [1.54, 1.807) is 12.1 Å². The van der Waals surface area contributed by atoms with Gasteiger partial charge in [-0.1, -0.05) is 67.0 Å². The molecule has 0 atom stereocenters. The summed E-state index contributed by atoms with van der Waals surface area (Å²) in [5.41, 5.74) is 6.23. The van der Waals surface area contributed by atoms with Gasteiger partial charge in [-0.05, 0) is 52.4 Å². The molecule has 0 saturated heterocycles. The summed E-state index contributed by atoms with van der Waals surface area (Å²) in [6.45, 7) is 2.14. The Morgan fingerprint density at radius 2 is 1.64 bits per heavy atom. The molecule has 2 N–H and O–H groups in total. The maximum Gasteiger partial charge on any atom is 0.115 e. The van der Waals surface area contributed by atoms with Crippen LogP contribution in [0, 0.1) is 0 Å². The van der Waals surface area contributed by atoms with Crippen molar-refractivity contribution in [3.05, 3.63) is 77.9 Å². The van der Waals surface area contributed by atoms with Crippen LogP contribution in [0.5, 0.6) is 5.75 Å². The lowest BCUT2D eigenvalue weighted by Crippen LogP contribution is -1.97. The van der Waals surface area contributed by atoms with Gasteiger partial charge in [0.15, 0.2) is 0 Å². The van der Waals surface area contributed by atoms with Gasteiger partial charge in [0, 0.05) is 5.56 Å². The molecular weight excluding hydrogens is 310 g/mol. The molecule has 0 aliphatic rings. The van der Waals surface area contributed by atoms with Gasteiger partial charge in [-0.15, -0.1) is 0 Å². The van der Waals surface area contributed by atoms with Gasteiger partial charge in [-0.3, -0.25) is 0 Å². The predicted octanol–water partition coefficient (Wildman–Crippen LogP) is 5.49. The fourth-order valence-electron chi connectivity index (χ4n) is 3.12. The number of hydrogen-bond acceptors (Lipinski definition) is 3. The van der Waals surface area contributed by atoms with Crippen molar-refractivity contribution in [2.75, 3.05) is 0 Å². The molecule has 0 fully saturated rings. The van der Waals surface area contributed by atoms with Gasteiger partial charge in [0.05, 0.1) is 6.21 Å². The summed E-state index contributed by atoms with van der Waals surface area (Å²) < 4.78 is 0. The first-order chi connectivity index (χ1) is 12.2. The second-order valence-corrected chi connectivity index (χ2v) is 6.02. The van der Waals surface area contributed by atoms with Crippen molar-refractivity contribution >= 4 is 6.21 Å². The normalized spacial score (nSPS) is 11.1. The zero-order valence-electron chi connectivity index (χ0n) is 14.2. The number of phenols is 1. The zero-order chi connectivity index (χ0) is 17.6. The minimum absolute atomic E-state index is 0.242. The summed E-state index contributed by atoms with van der Waals surface area (Å²) in [4.78, 5) is 0. The van der Waals surface area contributed by atoms with Crippen molar-refractivity contribution in [3.8, 4) is 28.0 Å². The highest BCUT2D eigenvalue weighted by Crippen LogP contribution is 2.36. The van der Waals surface area contributed by atoms with Crippen LogP contribution in [0.4, 0.5) is 0 Å². The third-order valence-corrected chi connectivity index (χ3v) is 4.20. The van der Waals surface area contributed by atoms with Crippen molar-refractivity contribution in [2.45, 2.75) is 19.8 Å². The highest BCUT2D eigenvalue weighted by molar-refractivity contribution is 5.97. The maximum absolute atomic E-state index is 9.61. The Morgan fingerprint density at radius 3 is 2.28 bits per heavy atom. The first-order valence-corrected chi connectivity index (χ1v) is 8.42. The molecule has 3 rings (SSSR count). The van der Waals surface area contributed by atoms with Gasteiger partial charge in [-0.2, -0.15) is 0 Å². The Kier molecular flexibility index (Phi) is 5.14. The minimum atomic E-state index is 0.242. The molecule has 3 nitrogen and oxygen atoms in total. The Labute approximate surface area is 147 Å². The summed E-state index contributed by atoms with van der Waals surface area (Å²) in [6.07, 6.45) is 3.48. The van der Waals surface area contributed by atoms with Gasteiger partial charge in [-0.25, -0.2) is 0 Å². The molecule has 0 aromatic heterocycles. The van der Waals surface area contributed by atoms with Crippen LogP contribution in [-0.2, 0) is 6.42 Å². The Balaban J connectivity index is 2.30. The molecule has 0 amide bonds. The highest BCUT2D eigenvalue weighted by atomic mass is 16.4. The van der Waals surface area contributed by atoms with E-state index < -0.39 is 0 Å². The zero-order valence-corrected chi connectivity index (χ0v) is 14.2. The van der Waals surface area contributed by atoms with Crippen molar-refractivity contribution in [1.82, 2.24) is 0 Å². The molecule has 0 heterocycles. The number of aryl methyl sites for hydroxylation is 1. The predicted molar refractivity (Wildman–Crippen MR) is 102 cm³/mol. The lowest BCUT2D eigenvalue weighted by atomic mass is 9.88. The first kappa shape index (κ1) is 16.8. The molecule has 3 heteroatoms. The van der Waals surface area contributed by atoms with Gasteiger partial charge in [0.1, 0.15) is 5.75 Å². The minimum Gasteiger partial charge on any atom is -0.508 e. The molecule has 0 aliphatic carbocycles. The molecule has 0 saturated carbocycles. The summed E-state index contributed by atoms with van der Waals surface area (Å²) >= 11 is 0.